The third kappa shape index (κ3) is 6.37. The Morgan fingerprint density at radius 3 is 2.17 bits per heavy atom. The van der Waals surface area contributed by atoms with Crippen molar-refractivity contribution in [2.45, 2.75) is 12.4 Å². The van der Waals surface area contributed by atoms with Crippen LogP contribution in [0.1, 0.15) is 17.2 Å². The highest BCUT2D eigenvalue weighted by atomic mass is 35.5. The monoisotopic (exact) mass is 456 g/mol. The number of alkyl halides is 3. The van der Waals surface area contributed by atoms with E-state index in [0.717, 1.165) is 13.1 Å². The first-order valence-electron chi connectivity index (χ1n) is 8.52. The molecule has 1 aliphatic rings. The average Bonchev–Trinajstić information content (AvgIpc) is 2.64. The summed E-state index contributed by atoms with van der Waals surface area (Å²) in [6.45, 7) is 2.86. The van der Waals surface area contributed by atoms with E-state index in [2.05, 4.69) is 15.0 Å². The van der Waals surface area contributed by atoms with Gasteiger partial charge in [0.2, 0.25) is 0 Å². The molecule has 0 aliphatic carbocycles. The maximum absolute atomic E-state index is 14.9. The van der Waals surface area contributed by atoms with Crippen LogP contribution < -0.4 is 14.8 Å². The van der Waals surface area contributed by atoms with E-state index in [0.29, 0.717) is 24.2 Å². The lowest BCUT2D eigenvalue weighted by molar-refractivity contribution is -0.274. The van der Waals surface area contributed by atoms with Crippen molar-refractivity contribution in [3.05, 3.63) is 59.4 Å². The molecule has 0 radical (unpaired) electrons. The predicted octanol–water partition coefficient (Wildman–Crippen LogP) is 4.57. The molecule has 4 nitrogen and oxygen atoms in total. The Kier molecular flexibility index (Phi) is 9.48. The number of hydrogen-bond donors (Lipinski definition) is 1. The van der Waals surface area contributed by atoms with E-state index in [1.54, 1.807) is 12.1 Å². The van der Waals surface area contributed by atoms with Gasteiger partial charge in [-0.1, -0.05) is 24.3 Å². The van der Waals surface area contributed by atoms with Crippen LogP contribution in [0.25, 0.3) is 0 Å². The molecule has 1 atom stereocenters. The number of benzene rings is 2. The summed E-state index contributed by atoms with van der Waals surface area (Å²) in [7, 11) is 1.39. The molecule has 1 heterocycles. The second-order valence-electron chi connectivity index (χ2n) is 6.17. The topological polar surface area (TPSA) is 33.7 Å². The second kappa shape index (κ2) is 10.9. The number of methoxy groups -OCH3 is 1. The van der Waals surface area contributed by atoms with Crippen LogP contribution in [-0.2, 0) is 0 Å². The summed E-state index contributed by atoms with van der Waals surface area (Å²) in [5.74, 6) is -0.653. The van der Waals surface area contributed by atoms with Crippen LogP contribution in [0.4, 0.5) is 17.6 Å². The van der Waals surface area contributed by atoms with Gasteiger partial charge in [0.15, 0.2) is 11.6 Å². The molecule has 1 N–H and O–H groups in total. The van der Waals surface area contributed by atoms with E-state index in [1.165, 1.54) is 37.4 Å². The van der Waals surface area contributed by atoms with Crippen molar-refractivity contribution in [1.29, 1.82) is 0 Å². The first-order chi connectivity index (χ1) is 12.9. The van der Waals surface area contributed by atoms with Gasteiger partial charge in [-0.05, 0) is 23.8 Å². The van der Waals surface area contributed by atoms with E-state index >= 15 is 0 Å². The summed E-state index contributed by atoms with van der Waals surface area (Å²) in [5.41, 5.74) is 1.10. The second-order valence-corrected chi connectivity index (χ2v) is 6.17. The van der Waals surface area contributed by atoms with Gasteiger partial charge in [-0.3, -0.25) is 4.90 Å². The molecule has 0 aromatic heterocycles. The lowest BCUT2D eigenvalue weighted by Gasteiger charge is -2.36. The van der Waals surface area contributed by atoms with Gasteiger partial charge in [-0.15, -0.1) is 38.0 Å². The van der Waals surface area contributed by atoms with Crippen molar-refractivity contribution in [1.82, 2.24) is 10.2 Å². The fraction of sp³-hybridized carbons (Fsp3) is 0.368. The van der Waals surface area contributed by atoms with Crippen molar-refractivity contribution in [2.75, 3.05) is 33.3 Å². The van der Waals surface area contributed by atoms with Gasteiger partial charge in [0.25, 0.3) is 0 Å². The van der Waals surface area contributed by atoms with Crippen LogP contribution >= 0.6 is 24.8 Å². The van der Waals surface area contributed by atoms with Crippen molar-refractivity contribution in [3.8, 4) is 11.5 Å². The average molecular weight is 457 g/mol. The van der Waals surface area contributed by atoms with Crippen LogP contribution in [0.5, 0.6) is 11.5 Å². The SMILES string of the molecule is COc1cccc([C@@H](c2ccc(OC(F)(F)F)cc2)N2CCNCC2)c1F.Cl.Cl. The largest absolute Gasteiger partial charge is 0.573 e. The number of nitrogens with one attached hydrogen (secondary N) is 1. The van der Waals surface area contributed by atoms with Crippen molar-refractivity contribution < 1.29 is 27.0 Å². The van der Waals surface area contributed by atoms with Crippen LogP contribution in [0.15, 0.2) is 42.5 Å². The zero-order chi connectivity index (χ0) is 19.4. The van der Waals surface area contributed by atoms with Gasteiger partial charge in [-0.25, -0.2) is 4.39 Å². The maximum Gasteiger partial charge on any atom is 0.573 e. The highest BCUT2D eigenvalue weighted by Crippen LogP contribution is 2.35. The lowest BCUT2D eigenvalue weighted by atomic mass is 9.95. The third-order valence-corrected chi connectivity index (χ3v) is 4.45. The molecule has 1 saturated heterocycles. The molecule has 0 spiro atoms. The van der Waals surface area contributed by atoms with Gasteiger partial charge >= 0.3 is 6.36 Å². The normalized spacial score (nSPS) is 15.6. The van der Waals surface area contributed by atoms with Crippen LogP contribution in [0.3, 0.4) is 0 Å². The molecule has 0 saturated carbocycles. The van der Waals surface area contributed by atoms with Gasteiger partial charge in [0.05, 0.1) is 13.2 Å². The van der Waals surface area contributed by atoms with Crippen LogP contribution in [0.2, 0.25) is 0 Å². The Hall–Kier alpha value is -1.74. The fourth-order valence-corrected chi connectivity index (χ4v) is 3.28. The van der Waals surface area contributed by atoms with Crippen molar-refractivity contribution >= 4 is 24.8 Å². The van der Waals surface area contributed by atoms with E-state index < -0.39 is 18.2 Å². The van der Waals surface area contributed by atoms with E-state index in [1.807, 2.05) is 0 Å². The molecule has 2 aromatic rings. The summed E-state index contributed by atoms with van der Waals surface area (Å²) >= 11 is 0. The minimum Gasteiger partial charge on any atom is -0.494 e. The van der Waals surface area contributed by atoms with E-state index in [-0.39, 0.29) is 36.3 Å². The molecule has 1 aliphatic heterocycles. The molecule has 0 amide bonds. The summed E-state index contributed by atoms with van der Waals surface area (Å²) in [5, 5.41) is 3.24. The maximum atomic E-state index is 14.9. The Morgan fingerprint density at radius 2 is 1.62 bits per heavy atom. The molecule has 10 heteroatoms. The molecule has 3 rings (SSSR count). The van der Waals surface area contributed by atoms with Gasteiger partial charge in [0.1, 0.15) is 5.75 Å². The lowest BCUT2D eigenvalue weighted by Crippen LogP contribution is -2.45. The number of piperazine rings is 1. The number of nitrogens with zero attached hydrogens (tertiary/aromatic N) is 1. The zero-order valence-corrected chi connectivity index (χ0v) is 17.2. The van der Waals surface area contributed by atoms with Gasteiger partial charge in [-0.2, -0.15) is 0 Å². The molecular weight excluding hydrogens is 435 g/mol. The Morgan fingerprint density at radius 1 is 1.00 bits per heavy atom. The third-order valence-electron chi connectivity index (χ3n) is 4.45. The Labute approximate surface area is 179 Å². The Balaban J connectivity index is 0.00000210. The smallest absolute Gasteiger partial charge is 0.494 e. The van der Waals surface area contributed by atoms with Crippen molar-refractivity contribution in [2.24, 2.45) is 0 Å². The number of rotatable bonds is 5. The molecular formula is C19H22Cl2F4N2O2. The standard InChI is InChI=1S/C19H20F4N2O2.2ClH/c1-26-16-4-2-3-15(17(16)20)18(25-11-9-24-10-12-25)13-5-7-14(8-6-13)27-19(21,22)23;;/h2-8,18,24H,9-12H2,1H3;2*1H/t18-;;/m1../s1. The quantitative estimate of drug-likeness (QED) is 0.668. The van der Waals surface area contributed by atoms with Gasteiger partial charge < -0.3 is 14.8 Å². The number of halogens is 6. The van der Waals surface area contributed by atoms with Crippen LogP contribution in [0, 0.1) is 5.82 Å². The highest BCUT2D eigenvalue weighted by molar-refractivity contribution is 5.85. The minimum absolute atomic E-state index is 0. The van der Waals surface area contributed by atoms with E-state index in [9.17, 15) is 17.6 Å². The van der Waals surface area contributed by atoms with Gasteiger partial charge in [0, 0.05) is 31.7 Å². The van der Waals surface area contributed by atoms with Crippen molar-refractivity contribution in [3.63, 3.8) is 0 Å². The summed E-state index contributed by atoms with van der Waals surface area (Å²) in [6, 6.07) is 10.0. The van der Waals surface area contributed by atoms with Crippen LogP contribution in [-0.4, -0.2) is 44.6 Å². The molecule has 2 aromatic carbocycles. The minimum atomic E-state index is -4.75. The first kappa shape index (κ1) is 25.3. The predicted molar refractivity (Wildman–Crippen MR) is 107 cm³/mol. The zero-order valence-electron chi connectivity index (χ0n) is 15.5. The molecule has 1 fully saturated rings. The molecule has 29 heavy (non-hydrogen) atoms. The Bertz CT molecular complexity index is 770. The first-order valence-corrected chi connectivity index (χ1v) is 8.52. The number of hydrogen-bond acceptors (Lipinski definition) is 4. The molecule has 0 bridgehead atoms. The highest BCUT2D eigenvalue weighted by Gasteiger charge is 2.32. The fourth-order valence-electron chi connectivity index (χ4n) is 3.28. The summed E-state index contributed by atoms with van der Waals surface area (Å²) in [4.78, 5) is 2.09. The summed E-state index contributed by atoms with van der Waals surface area (Å²) < 4.78 is 61.1. The molecule has 0 unspecified atom stereocenters. The number of ether oxygens (including phenoxy) is 2. The molecule has 162 valence electrons. The van der Waals surface area contributed by atoms with E-state index in [4.69, 9.17) is 4.74 Å². The summed E-state index contributed by atoms with van der Waals surface area (Å²) in [6.07, 6.45) is -4.75.